The Bertz CT molecular complexity index is 1100. The number of hydrogen-bond acceptors (Lipinski definition) is 2. The fourth-order valence-corrected chi connectivity index (χ4v) is 3.76. The van der Waals surface area contributed by atoms with Gasteiger partial charge in [-0.25, -0.2) is 8.78 Å². The Morgan fingerprint density at radius 2 is 1.34 bits per heavy atom. The molecule has 0 aliphatic heterocycles. The van der Waals surface area contributed by atoms with Crippen LogP contribution in [0.3, 0.4) is 0 Å². The first-order valence-electron chi connectivity index (χ1n) is 9.57. The number of nitrogens with zero attached hydrogens (tertiary/aromatic N) is 3. The monoisotopic (exact) mass is 391 g/mol. The smallest absolute Gasteiger partial charge is 0.123 e. The highest BCUT2D eigenvalue weighted by Gasteiger charge is 2.18. The molecule has 0 saturated carbocycles. The van der Waals surface area contributed by atoms with E-state index in [4.69, 9.17) is 0 Å². The third kappa shape index (κ3) is 3.73. The van der Waals surface area contributed by atoms with Gasteiger partial charge in [0.05, 0.1) is 17.4 Å². The van der Waals surface area contributed by atoms with E-state index < -0.39 is 0 Å². The molecule has 0 aliphatic carbocycles. The zero-order chi connectivity index (χ0) is 20.5. The third-order valence-electron chi connectivity index (χ3n) is 5.60. The highest BCUT2D eigenvalue weighted by Crippen LogP contribution is 2.33. The predicted molar refractivity (Wildman–Crippen MR) is 113 cm³/mol. The van der Waals surface area contributed by atoms with Crippen LogP contribution in [0, 0.1) is 25.5 Å². The molecule has 0 saturated heterocycles. The lowest BCUT2D eigenvalue weighted by molar-refractivity contribution is 0.626. The first kappa shape index (κ1) is 19.1. The van der Waals surface area contributed by atoms with Crippen LogP contribution in [0.4, 0.5) is 14.5 Å². The van der Waals surface area contributed by atoms with E-state index in [0.29, 0.717) is 13.1 Å². The van der Waals surface area contributed by atoms with Gasteiger partial charge in [-0.15, -0.1) is 0 Å². The van der Waals surface area contributed by atoms with Crippen LogP contribution in [-0.4, -0.2) is 9.55 Å². The molecule has 2 aromatic heterocycles. The van der Waals surface area contributed by atoms with E-state index in [0.717, 1.165) is 27.7 Å². The summed E-state index contributed by atoms with van der Waals surface area (Å²) in [6.07, 6.45) is 3.77. The summed E-state index contributed by atoms with van der Waals surface area (Å²) < 4.78 is 28.9. The van der Waals surface area contributed by atoms with Gasteiger partial charge in [-0.3, -0.25) is 4.98 Å². The van der Waals surface area contributed by atoms with E-state index in [9.17, 15) is 8.78 Å². The molecule has 0 atom stereocenters. The van der Waals surface area contributed by atoms with Crippen LogP contribution < -0.4 is 4.90 Å². The van der Waals surface area contributed by atoms with Crippen molar-refractivity contribution in [3.8, 4) is 0 Å². The molecule has 5 heteroatoms. The van der Waals surface area contributed by atoms with Gasteiger partial charge in [0.2, 0.25) is 0 Å². The maximum absolute atomic E-state index is 13.4. The van der Waals surface area contributed by atoms with Crippen molar-refractivity contribution in [2.24, 2.45) is 7.05 Å². The molecule has 3 nitrogen and oxygen atoms in total. The number of fused-ring (bicyclic) bond motifs is 1. The molecule has 2 aromatic carbocycles. The summed E-state index contributed by atoms with van der Waals surface area (Å²) in [7, 11) is 2.06. The minimum atomic E-state index is -0.253. The van der Waals surface area contributed by atoms with E-state index in [1.54, 1.807) is 24.3 Å². The van der Waals surface area contributed by atoms with Gasteiger partial charge in [0.15, 0.2) is 0 Å². The number of benzene rings is 2. The van der Waals surface area contributed by atoms with Crippen LogP contribution in [0.1, 0.15) is 22.4 Å². The van der Waals surface area contributed by atoms with E-state index in [2.05, 4.69) is 35.3 Å². The maximum Gasteiger partial charge on any atom is 0.123 e. The Hall–Kier alpha value is -3.21. The van der Waals surface area contributed by atoms with Crippen LogP contribution in [0.5, 0.6) is 0 Å². The van der Waals surface area contributed by atoms with Crippen molar-refractivity contribution in [3.05, 3.63) is 94.9 Å². The molecule has 0 spiro atoms. The Balaban J connectivity index is 1.81. The predicted octanol–water partition coefficient (Wildman–Crippen LogP) is 5.68. The van der Waals surface area contributed by atoms with Crippen molar-refractivity contribution in [2.75, 3.05) is 4.90 Å². The fraction of sp³-hybridized carbons (Fsp3) is 0.208. The van der Waals surface area contributed by atoms with Crippen LogP contribution in [-0.2, 0) is 20.1 Å². The third-order valence-corrected chi connectivity index (χ3v) is 5.60. The maximum atomic E-state index is 13.4. The highest BCUT2D eigenvalue weighted by atomic mass is 19.1. The van der Waals surface area contributed by atoms with Crippen molar-refractivity contribution in [1.82, 2.24) is 9.55 Å². The molecule has 0 unspecified atom stereocenters. The Labute approximate surface area is 169 Å². The zero-order valence-corrected chi connectivity index (χ0v) is 16.8. The van der Waals surface area contributed by atoms with Gasteiger partial charge < -0.3 is 9.47 Å². The molecule has 29 heavy (non-hydrogen) atoms. The standard InChI is InChI=1S/C24H23F2N3/c1-16-17(2)28(3)24-22(16)12-27-13-23(24)29(14-18-4-8-20(25)9-5-18)15-19-6-10-21(26)11-7-19/h4-13H,14-15H2,1-3H3. The van der Waals surface area contributed by atoms with E-state index in [-0.39, 0.29) is 11.6 Å². The molecule has 0 N–H and O–H groups in total. The normalized spacial score (nSPS) is 11.2. The largest absolute Gasteiger partial charge is 0.360 e. The molecular weight excluding hydrogens is 368 g/mol. The Morgan fingerprint density at radius 3 is 1.86 bits per heavy atom. The minimum absolute atomic E-state index is 0.253. The SMILES string of the molecule is Cc1c(C)n(C)c2c(N(Cc3ccc(F)cc3)Cc3ccc(F)cc3)cncc12. The van der Waals surface area contributed by atoms with Gasteiger partial charge in [-0.05, 0) is 54.8 Å². The summed E-state index contributed by atoms with van der Waals surface area (Å²) in [5.74, 6) is -0.507. The molecule has 0 aliphatic rings. The molecule has 0 fully saturated rings. The number of anilines is 1. The molecule has 2 heterocycles. The van der Waals surface area contributed by atoms with Crippen LogP contribution in [0.15, 0.2) is 60.9 Å². The molecule has 4 aromatic rings. The van der Waals surface area contributed by atoms with E-state index in [1.165, 1.54) is 35.5 Å². The molecule has 0 radical (unpaired) electrons. The van der Waals surface area contributed by atoms with Gasteiger partial charge in [0, 0.05) is 37.4 Å². The van der Waals surface area contributed by atoms with Gasteiger partial charge >= 0.3 is 0 Å². The molecule has 4 rings (SSSR count). The van der Waals surface area contributed by atoms with Crippen molar-refractivity contribution in [3.63, 3.8) is 0 Å². The fourth-order valence-electron chi connectivity index (χ4n) is 3.76. The summed E-state index contributed by atoms with van der Waals surface area (Å²) in [4.78, 5) is 6.69. The molecule has 0 amide bonds. The first-order valence-corrected chi connectivity index (χ1v) is 9.57. The highest BCUT2D eigenvalue weighted by molar-refractivity contribution is 5.94. The summed E-state index contributed by atoms with van der Waals surface area (Å²) in [6, 6.07) is 13.1. The van der Waals surface area contributed by atoms with Gasteiger partial charge in [0.1, 0.15) is 11.6 Å². The number of hydrogen-bond donors (Lipinski definition) is 0. The zero-order valence-electron chi connectivity index (χ0n) is 16.8. The quantitative estimate of drug-likeness (QED) is 0.437. The average molecular weight is 391 g/mol. The van der Waals surface area contributed by atoms with Crippen molar-refractivity contribution in [1.29, 1.82) is 0 Å². The number of halogens is 2. The summed E-state index contributed by atoms with van der Waals surface area (Å²) in [6.45, 7) is 5.38. The average Bonchev–Trinajstić information content (AvgIpc) is 2.95. The first-order chi connectivity index (χ1) is 13.9. The second-order valence-corrected chi connectivity index (χ2v) is 7.43. The van der Waals surface area contributed by atoms with E-state index in [1.807, 2.05) is 12.4 Å². The molecular formula is C24H23F2N3. The van der Waals surface area contributed by atoms with Gasteiger partial charge in [-0.1, -0.05) is 24.3 Å². The minimum Gasteiger partial charge on any atom is -0.360 e. The molecule has 0 bridgehead atoms. The lowest BCUT2D eigenvalue weighted by Gasteiger charge is -2.26. The Kier molecular flexibility index (Phi) is 5.05. The number of pyridine rings is 1. The van der Waals surface area contributed by atoms with Gasteiger partial charge in [-0.2, -0.15) is 0 Å². The summed E-state index contributed by atoms with van der Waals surface area (Å²) in [5.41, 5.74) is 6.49. The second-order valence-electron chi connectivity index (χ2n) is 7.43. The Morgan fingerprint density at radius 1 is 0.828 bits per heavy atom. The lowest BCUT2D eigenvalue weighted by Crippen LogP contribution is -2.23. The lowest BCUT2D eigenvalue weighted by atomic mass is 10.1. The number of rotatable bonds is 5. The number of aryl methyl sites for hydroxylation is 2. The topological polar surface area (TPSA) is 21.1 Å². The van der Waals surface area contributed by atoms with Crippen LogP contribution in [0.2, 0.25) is 0 Å². The number of aromatic nitrogens is 2. The van der Waals surface area contributed by atoms with Gasteiger partial charge in [0.25, 0.3) is 0 Å². The van der Waals surface area contributed by atoms with Crippen molar-refractivity contribution < 1.29 is 8.78 Å². The second kappa shape index (κ2) is 7.66. The van der Waals surface area contributed by atoms with Crippen LogP contribution >= 0.6 is 0 Å². The summed E-state index contributed by atoms with van der Waals surface area (Å²) >= 11 is 0. The van der Waals surface area contributed by atoms with Crippen molar-refractivity contribution >= 4 is 16.6 Å². The van der Waals surface area contributed by atoms with Crippen molar-refractivity contribution in [2.45, 2.75) is 26.9 Å². The van der Waals surface area contributed by atoms with Crippen LogP contribution in [0.25, 0.3) is 10.9 Å². The summed E-state index contributed by atoms with van der Waals surface area (Å²) in [5, 5.41) is 1.12. The van der Waals surface area contributed by atoms with E-state index >= 15 is 0 Å². The molecule has 148 valence electrons.